The summed E-state index contributed by atoms with van der Waals surface area (Å²) in [6, 6.07) is 10.7. The standard InChI is InChI=1S/C20H19N3O6S2/c1-12(24)21-14-5-7-15(8-6-14)31(26,27)23-20-19(25)22-18(30-20)11-13-4-9-16(28-2)17(10-13)29-3/h4-11H,1-3H3,(H,21,24)(H,22,25)/b18-11-,23-20?. The summed E-state index contributed by atoms with van der Waals surface area (Å²) in [5, 5.41) is 5.37. The Labute approximate surface area is 183 Å². The molecule has 0 aromatic heterocycles. The average Bonchev–Trinajstić information content (AvgIpc) is 3.05. The molecule has 1 fully saturated rings. The van der Waals surface area contributed by atoms with Crippen LogP contribution in [0.3, 0.4) is 0 Å². The average molecular weight is 462 g/mol. The van der Waals surface area contributed by atoms with E-state index in [2.05, 4.69) is 15.0 Å². The zero-order valence-electron chi connectivity index (χ0n) is 16.8. The molecule has 2 amide bonds. The highest BCUT2D eigenvalue weighted by molar-refractivity contribution is 8.20. The van der Waals surface area contributed by atoms with E-state index < -0.39 is 15.9 Å². The lowest BCUT2D eigenvalue weighted by Crippen LogP contribution is -2.19. The van der Waals surface area contributed by atoms with Crippen molar-refractivity contribution in [1.82, 2.24) is 5.32 Å². The van der Waals surface area contributed by atoms with Crippen molar-refractivity contribution in [2.24, 2.45) is 4.40 Å². The summed E-state index contributed by atoms with van der Waals surface area (Å²) in [5.74, 6) is 0.190. The van der Waals surface area contributed by atoms with Gasteiger partial charge in [0, 0.05) is 12.6 Å². The normalized spacial score (nSPS) is 16.3. The van der Waals surface area contributed by atoms with E-state index in [9.17, 15) is 18.0 Å². The molecule has 1 heterocycles. The van der Waals surface area contributed by atoms with Crippen LogP contribution in [0, 0.1) is 0 Å². The van der Waals surface area contributed by atoms with Crippen LogP contribution in [-0.2, 0) is 19.6 Å². The largest absolute Gasteiger partial charge is 0.493 e. The van der Waals surface area contributed by atoms with Crippen LogP contribution in [0.1, 0.15) is 12.5 Å². The second kappa shape index (κ2) is 9.23. The van der Waals surface area contributed by atoms with Gasteiger partial charge in [0.2, 0.25) is 5.91 Å². The molecule has 0 spiro atoms. The number of nitrogens with one attached hydrogen (secondary N) is 2. The minimum atomic E-state index is -4.11. The van der Waals surface area contributed by atoms with E-state index in [1.807, 2.05) is 0 Å². The first kappa shape index (κ1) is 22.4. The van der Waals surface area contributed by atoms with Crippen molar-refractivity contribution < 1.29 is 27.5 Å². The first-order valence-electron chi connectivity index (χ1n) is 8.87. The van der Waals surface area contributed by atoms with Crippen LogP contribution in [0.5, 0.6) is 11.5 Å². The van der Waals surface area contributed by atoms with Gasteiger partial charge in [-0.25, -0.2) is 0 Å². The lowest BCUT2D eigenvalue weighted by molar-refractivity contribution is -0.114. The summed E-state index contributed by atoms with van der Waals surface area (Å²) >= 11 is 0.912. The van der Waals surface area contributed by atoms with Gasteiger partial charge < -0.3 is 20.1 Å². The second-order valence-electron chi connectivity index (χ2n) is 6.26. The molecular formula is C20H19N3O6S2. The van der Waals surface area contributed by atoms with Gasteiger partial charge in [-0.2, -0.15) is 8.42 Å². The van der Waals surface area contributed by atoms with Crippen molar-refractivity contribution in [3.63, 3.8) is 0 Å². The van der Waals surface area contributed by atoms with Gasteiger partial charge in [-0.05, 0) is 59.8 Å². The molecule has 3 rings (SSSR count). The maximum Gasteiger partial charge on any atom is 0.283 e. The third-order valence-electron chi connectivity index (χ3n) is 4.02. The van der Waals surface area contributed by atoms with Crippen molar-refractivity contribution in [2.45, 2.75) is 11.8 Å². The van der Waals surface area contributed by atoms with Crippen molar-refractivity contribution in [3.8, 4) is 11.5 Å². The van der Waals surface area contributed by atoms with Crippen LogP contribution in [-0.4, -0.2) is 39.5 Å². The van der Waals surface area contributed by atoms with Crippen LogP contribution in [0.25, 0.3) is 6.08 Å². The number of benzene rings is 2. The van der Waals surface area contributed by atoms with Crippen molar-refractivity contribution in [1.29, 1.82) is 0 Å². The molecule has 1 saturated heterocycles. The quantitative estimate of drug-likeness (QED) is 0.678. The van der Waals surface area contributed by atoms with E-state index in [4.69, 9.17) is 9.47 Å². The third-order valence-corrected chi connectivity index (χ3v) is 6.33. The fourth-order valence-corrected chi connectivity index (χ4v) is 4.66. The Bertz CT molecular complexity index is 1190. The maximum atomic E-state index is 12.6. The Morgan fingerprint density at radius 1 is 1.10 bits per heavy atom. The highest BCUT2D eigenvalue weighted by Crippen LogP contribution is 2.31. The molecule has 0 unspecified atom stereocenters. The van der Waals surface area contributed by atoms with E-state index in [1.54, 1.807) is 24.3 Å². The predicted molar refractivity (Wildman–Crippen MR) is 119 cm³/mol. The van der Waals surface area contributed by atoms with Gasteiger partial charge in [0.25, 0.3) is 15.9 Å². The number of thioether (sulfide) groups is 1. The summed E-state index contributed by atoms with van der Waals surface area (Å²) < 4.78 is 39.3. The summed E-state index contributed by atoms with van der Waals surface area (Å²) in [6.07, 6.45) is 1.67. The number of methoxy groups -OCH3 is 2. The molecular weight excluding hydrogens is 442 g/mol. The van der Waals surface area contributed by atoms with E-state index >= 15 is 0 Å². The smallest absolute Gasteiger partial charge is 0.283 e. The number of carbonyl (C=O) groups excluding carboxylic acids is 2. The molecule has 11 heteroatoms. The molecule has 1 aliphatic rings. The van der Waals surface area contributed by atoms with Crippen LogP contribution in [0.4, 0.5) is 5.69 Å². The number of ether oxygens (including phenoxy) is 2. The van der Waals surface area contributed by atoms with Gasteiger partial charge >= 0.3 is 0 Å². The first-order chi connectivity index (χ1) is 14.7. The SMILES string of the molecule is COc1ccc(/C=C2/NC(=O)C(=NS(=O)(=O)c3ccc(NC(C)=O)cc3)S2)cc1OC. The highest BCUT2D eigenvalue weighted by atomic mass is 32.2. The number of anilines is 1. The number of carbonyl (C=O) groups is 2. The fourth-order valence-electron chi connectivity index (χ4n) is 2.64. The van der Waals surface area contributed by atoms with E-state index in [-0.39, 0.29) is 15.8 Å². The molecule has 9 nitrogen and oxygen atoms in total. The number of rotatable bonds is 6. The number of sulfonamides is 1. The molecule has 31 heavy (non-hydrogen) atoms. The Hall–Kier alpha value is -3.31. The van der Waals surface area contributed by atoms with Gasteiger partial charge in [0.15, 0.2) is 16.5 Å². The van der Waals surface area contributed by atoms with Crippen molar-refractivity contribution in [3.05, 3.63) is 53.1 Å². The second-order valence-corrected chi connectivity index (χ2v) is 8.89. The summed E-state index contributed by atoms with van der Waals surface area (Å²) in [6.45, 7) is 1.35. The molecule has 2 aromatic carbocycles. The van der Waals surface area contributed by atoms with E-state index in [0.29, 0.717) is 22.2 Å². The highest BCUT2D eigenvalue weighted by Gasteiger charge is 2.27. The zero-order valence-corrected chi connectivity index (χ0v) is 18.5. The number of hydrogen-bond acceptors (Lipinski definition) is 7. The Kier molecular flexibility index (Phi) is 6.66. The van der Waals surface area contributed by atoms with Crippen LogP contribution in [0.15, 0.2) is 56.8 Å². The zero-order chi connectivity index (χ0) is 22.6. The monoisotopic (exact) mass is 461 g/mol. The van der Waals surface area contributed by atoms with Gasteiger partial charge in [-0.1, -0.05) is 6.07 Å². The lowest BCUT2D eigenvalue weighted by atomic mass is 10.2. The van der Waals surface area contributed by atoms with E-state index in [1.165, 1.54) is 45.4 Å². The molecule has 0 bridgehead atoms. The van der Waals surface area contributed by atoms with Crippen LogP contribution >= 0.6 is 11.8 Å². The Morgan fingerprint density at radius 2 is 1.77 bits per heavy atom. The number of nitrogens with zero attached hydrogens (tertiary/aromatic N) is 1. The molecule has 2 N–H and O–H groups in total. The van der Waals surface area contributed by atoms with Crippen LogP contribution in [0.2, 0.25) is 0 Å². The van der Waals surface area contributed by atoms with Crippen LogP contribution < -0.4 is 20.1 Å². The minimum Gasteiger partial charge on any atom is -0.493 e. The summed E-state index contributed by atoms with van der Waals surface area (Å²) in [4.78, 5) is 23.2. The number of hydrogen-bond donors (Lipinski definition) is 2. The Balaban J connectivity index is 1.82. The molecule has 0 saturated carbocycles. The molecule has 1 aliphatic heterocycles. The van der Waals surface area contributed by atoms with Gasteiger partial charge in [0.1, 0.15) is 0 Å². The molecule has 0 radical (unpaired) electrons. The Morgan fingerprint density at radius 3 is 2.39 bits per heavy atom. The fraction of sp³-hybridized carbons (Fsp3) is 0.150. The first-order valence-corrected chi connectivity index (χ1v) is 11.1. The van der Waals surface area contributed by atoms with E-state index in [0.717, 1.165) is 17.3 Å². The lowest BCUT2D eigenvalue weighted by Gasteiger charge is -2.07. The topological polar surface area (TPSA) is 123 Å². The number of amides is 2. The molecule has 0 aliphatic carbocycles. The van der Waals surface area contributed by atoms with Crippen molar-refractivity contribution in [2.75, 3.05) is 19.5 Å². The molecule has 2 aromatic rings. The van der Waals surface area contributed by atoms with Crippen molar-refractivity contribution >= 4 is 50.4 Å². The van der Waals surface area contributed by atoms with Gasteiger partial charge in [-0.15, -0.1) is 4.40 Å². The molecule has 0 atom stereocenters. The predicted octanol–water partition coefficient (Wildman–Crippen LogP) is 2.61. The van der Waals surface area contributed by atoms with Gasteiger partial charge in [0.05, 0.1) is 24.1 Å². The maximum absolute atomic E-state index is 12.6. The van der Waals surface area contributed by atoms with Gasteiger partial charge in [-0.3, -0.25) is 9.59 Å². The summed E-state index contributed by atoms with van der Waals surface area (Å²) in [7, 11) is -1.07. The third kappa shape index (κ3) is 5.44. The minimum absolute atomic E-state index is 0.0974. The molecule has 162 valence electrons. The summed E-state index contributed by atoms with van der Waals surface area (Å²) in [5.41, 5.74) is 1.17.